The molecule has 5 heteroatoms. The van der Waals surface area contributed by atoms with Gasteiger partial charge >= 0.3 is 0 Å². The molecule has 110 valence electrons. The number of amides is 1. The van der Waals surface area contributed by atoms with Crippen LogP contribution in [-0.4, -0.2) is 30.0 Å². The number of thiophene rings is 1. The van der Waals surface area contributed by atoms with Crippen molar-refractivity contribution in [1.29, 1.82) is 0 Å². The highest BCUT2D eigenvalue weighted by molar-refractivity contribution is 7.99. The zero-order chi connectivity index (χ0) is 14.5. The molecule has 1 aromatic carbocycles. The number of hydrogen-bond acceptors (Lipinski definition) is 4. The third-order valence-electron chi connectivity index (χ3n) is 3.42. The Bertz CT molecular complexity index is 592. The maximum atomic E-state index is 12.2. The highest BCUT2D eigenvalue weighted by atomic mass is 32.2. The lowest BCUT2D eigenvalue weighted by Gasteiger charge is -2.22. The average molecular weight is 318 g/mol. The van der Waals surface area contributed by atoms with Crippen molar-refractivity contribution >= 4 is 34.7 Å². The van der Waals surface area contributed by atoms with Gasteiger partial charge in [-0.1, -0.05) is 24.3 Å². The van der Waals surface area contributed by atoms with Crippen LogP contribution in [0.4, 0.5) is 5.69 Å². The van der Waals surface area contributed by atoms with Gasteiger partial charge in [0.25, 0.3) is 0 Å². The van der Waals surface area contributed by atoms with E-state index in [1.165, 1.54) is 4.88 Å². The Balaban J connectivity index is 1.68. The van der Waals surface area contributed by atoms with E-state index in [1.807, 2.05) is 36.0 Å². The number of para-hydroxylation sites is 1. The van der Waals surface area contributed by atoms with E-state index in [9.17, 15) is 4.79 Å². The zero-order valence-electron chi connectivity index (χ0n) is 11.7. The first kappa shape index (κ1) is 14.6. The molecule has 0 bridgehead atoms. The minimum Gasteiger partial charge on any atom is -0.325 e. The van der Waals surface area contributed by atoms with Gasteiger partial charge in [-0.2, -0.15) is 11.8 Å². The molecule has 1 atom stereocenters. The van der Waals surface area contributed by atoms with Crippen LogP contribution in [0.1, 0.15) is 6.42 Å². The van der Waals surface area contributed by atoms with Crippen molar-refractivity contribution in [2.24, 2.45) is 0 Å². The quantitative estimate of drug-likeness (QED) is 0.907. The molecule has 21 heavy (non-hydrogen) atoms. The smallest absolute Gasteiger partial charge is 0.225 e. The number of thioether (sulfide) groups is 1. The minimum absolute atomic E-state index is 0.0824. The molecular formula is C16H18N2OS2. The molecule has 0 spiro atoms. The number of rotatable bonds is 4. The van der Waals surface area contributed by atoms with Crippen LogP contribution >= 0.6 is 23.1 Å². The molecule has 1 fully saturated rings. The van der Waals surface area contributed by atoms with Crippen molar-refractivity contribution in [3.8, 4) is 10.4 Å². The van der Waals surface area contributed by atoms with Gasteiger partial charge < -0.3 is 10.6 Å². The Kier molecular flexibility index (Phi) is 4.95. The second-order valence-corrected chi connectivity index (χ2v) is 7.10. The number of carbonyl (C=O) groups excluding carboxylic acids is 1. The first-order valence-corrected chi connectivity index (χ1v) is 9.10. The molecule has 2 N–H and O–H groups in total. The van der Waals surface area contributed by atoms with Crippen molar-refractivity contribution in [3.63, 3.8) is 0 Å². The minimum atomic E-state index is 0.0824. The highest BCUT2D eigenvalue weighted by Gasteiger charge is 2.17. The summed E-state index contributed by atoms with van der Waals surface area (Å²) in [6, 6.07) is 12.4. The van der Waals surface area contributed by atoms with E-state index < -0.39 is 0 Å². The van der Waals surface area contributed by atoms with Gasteiger partial charge in [0.2, 0.25) is 5.91 Å². The fourth-order valence-corrected chi connectivity index (χ4v) is 4.13. The van der Waals surface area contributed by atoms with Crippen LogP contribution in [0.5, 0.6) is 0 Å². The van der Waals surface area contributed by atoms with Gasteiger partial charge in [-0.3, -0.25) is 4.79 Å². The van der Waals surface area contributed by atoms with Crippen LogP contribution < -0.4 is 10.6 Å². The van der Waals surface area contributed by atoms with Crippen molar-refractivity contribution in [1.82, 2.24) is 5.32 Å². The predicted octanol–water partition coefficient (Wildman–Crippen LogP) is 3.45. The summed E-state index contributed by atoms with van der Waals surface area (Å²) in [5.41, 5.74) is 1.99. The topological polar surface area (TPSA) is 41.1 Å². The number of nitrogens with one attached hydrogen (secondary N) is 2. The van der Waals surface area contributed by atoms with E-state index in [2.05, 4.69) is 28.1 Å². The molecule has 1 unspecified atom stereocenters. The second kappa shape index (κ2) is 7.11. The Morgan fingerprint density at radius 2 is 2.19 bits per heavy atom. The summed E-state index contributed by atoms with van der Waals surface area (Å²) in [7, 11) is 0. The number of benzene rings is 1. The summed E-state index contributed by atoms with van der Waals surface area (Å²) < 4.78 is 0. The number of hydrogen-bond donors (Lipinski definition) is 2. The normalized spacial score (nSPS) is 18.4. The zero-order valence-corrected chi connectivity index (χ0v) is 13.3. The summed E-state index contributed by atoms with van der Waals surface area (Å²) in [5.74, 6) is 2.23. The van der Waals surface area contributed by atoms with E-state index in [0.717, 1.165) is 29.3 Å². The SMILES string of the molecule is O=C(CC1CSCCN1)Nc1ccccc1-c1cccs1. The second-order valence-electron chi connectivity index (χ2n) is 5.00. The Labute approximate surface area is 133 Å². The fourth-order valence-electron chi connectivity index (χ4n) is 2.41. The lowest BCUT2D eigenvalue weighted by Crippen LogP contribution is -2.39. The molecule has 0 saturated carbocycles. The van der Waals surface area contributed by atoms with Crippen LogP contribution in [0.3, 0.4) is 0 Å². The Hall–Kier alpha value is -1.30. The molecule has 3 nitrogen and oxygen atoms in total. The maximum Gasteiger partial charge on any atom is 0.225 e. The average Bonchev–Trinajstić information content (AvgIpc) is 3.03. The summed E-state index contributed by atoms with van der Waals surface area (Å²) in [5, 5.41) is 8.52. The standard InChI is InChI=1S/C16H18N2OS2/c19-16(10-12-11-20-9-7-17-12)18-14-5-2-1-4-13(14)15-6-3-8-21-15/h1-6,8,12,17H,7,9-11H2,(H,18,19). The number of carbonyl (C=O) groups is 1. The molecule has 1 aromatic heterocycles. The van der Waals surface area contributed by atoms with Gasteiger partial charge in [-0.25, -0.2) is 0 Å². The molecule has 1 aliphatic rings. The molecular weight excluding hydrogens is 300 g/mol. The summed E-state index contributed by atoms with van der Waals surface area (Å²) in [4.78, 5) is 13.4. The van der Waals surface area contributed by atoms with Crippen molar-refractivity contribution < 1.29 is 4.79 Å². The summed E-state index contributed by atoms with van der Waals surface area (Å²) in [6.07, 6.45) is 0.534. The van der Waals surface area contributed by atoms with Crippen molar-refractivity contribution in [3.05, 3.63) is 41.8 Å². The monoisotopic (exact) mass is 318 g/mol. The molecule has 2 heterocycles. The van der Waals surface area contributed by atoms with E-state index in [-0.39, 0.29) is 11.9 Å². The van der Waals surface area contributed by atoms with Gasteiger partial charge in [0.15, 0.2) is 0 Å². The Morgan fingerprint density at radius 3 is 2.95 bits per heavy atom. The maximum absolute atomic E-state index is 12.2. The van der Waals surface area contributed by atoms with Gasteiger partial charge in [-0.05, 0) is 17.5 Å². The summed E-state index contributed by atoms with van der Waals surface area (Å²) in [6.45, 7) is 0.994. The molecule has 1 saturated heterocycles. The molecule has 1 aliphatic heterocycles. The third-order valence-corrected chi connectivity index (χ3v) is 5.45. The Morgan fingerprint density at radius 1 is 1.29 bits per heavy atom. The highest BCUT2D eigenvalue weighted by Crippen LogP contribution is 2.31. The van der Waals surface area contributed by atoms with E-state index in [1.54, 1.807) is 11.3 Å². The van der Waals surface area contributed by atoms with E-state index >= 15 is 0 Å². The lowest BCUT2D eigenvalue weighted by atomic mass is 10.1. The molecule has 2 aromatic rings. The van der Waals surface area contributed by atoms with Gasteiger partial charge in [0.1, 0.15) is 0 Å². The largest absolute Gasteiger partial charge is 0.325 e. The van der Waals surface area contributed by atoms with Gasteiger partial charge in [0, 0.05) is 46.6 Å². The fraction of sp³-hybridized carbons (Fsp3) is 0.312. The van der Waals surface area contributed by atoms with Crippen LogP contribution in [0.15, 0.2) is 41.8 Å². The molecule has 3 rings (SSSR count). The summed E-state index contributed by atoms with van der Waals surface area (Å²) >= 11 is 3.60. The molecule has 0 aliphatic carbocycles. The first-order valence-electron chi connectivity index (χ1n) is 7.07. The van der Waals surface area contributed by atoms with Crippen molar-refractivity contribution in [2.45, 2.75) is 12.5 Å². The third kappa shape index (κ3) is 3.87. The van der Waals surface area contributed by atoms with Crippen LogP contribution in [0.2, 0.25) is 0 Å². The van der Waals surface area contributed by atoms with Gasteiger partial charge in [-0.15, -0.1) is 11.3 Å². The van der Waals surface area contributed by atoms with E-state index in [4.69, 9.17) is 0 Å². The molecule has 0 radical (unpaired) electrons. The van der Waals surface area contributed by atoms with Gasteiger partial charge in [0.05, 0.1) is 0 Å². The molecule has 1 amide bonds. The van der Waals surface area contributed by atoms with Crippen molar-refractivity contribution in [2.75, 3.05) is 23.4 Å². The van der Waals surface area contributed by atoms with Crippen LogP contribution in [0.25, 0.3) is 10.4 Å². The first-order chi connectivity index (χ1) is 10.3. The lowest BCUT2D eigenvalue weighted by molar-refractivity contribution is -0.116. The van der Waals surface area contributed by atoms with E-state index in [0.29, 0.717) is 6.42 Å². The predicted molar refractivity (Wildman–Crippen MR) is 92.1 cm³/mol. The van der Waals surface area contributed by atoms with Crippen LogP contribution in [0, 0.1) is 0 Å². The van der Waals surface area contributed by atoms with Crippen LogP contribution in [-0.2, 0) is 4.79 Å². The number of anilines is 1.